The molecular formula is C14H19NO2. The molecule has 1 aromatic carbocycles. The maximum Gasteiger partial charge on any atom is 0.328 e. The van der Waals surface area contributed by atoms with E-state index in [2.05, 4.69) is 5.32 Å². The van der Waals surface area contributed by atoms with Gasteiger partial charge in [-0.25, -0.2) is 4.79 Å². The van der Waals surface area contributed by atoms with Crippen LogP contribution in [0.15, 0.2) is 12.1 Å². The molecule has 1 aliphatic rings. The third kappa shape index (κ3) is 2.67. The van der Waals surface area contributed by atoms with Crippen molar-refractivity contribution in [1.82, 2.24) is 5.32 Å². The van der Waals surface area contributed by atoms with Crippen molar-refractivity contribution >= 4 is 5.97 Å². The molecule has 1 N–H and O–H groups in total. The van der Waals surface area contributed by atoms with Gasteiger partial charge in [-0.3, -0.25) is 0 Å². The molecule has 3 nitrogen and oxygen atoms in total. The summed E-state index contributed by atoms with van der Waals surface area (Å²) in [5.41, 5.74) is 3.24. The molecule has 0 saturated carbocycles. The van der Waals surface area contributed by atoms with E-state index in [-0.39, 0.29) is 12.0 Å². The van der Waals surface area contributed by atoms with Crippen LogP contribution in [0.1, 0.15) is 29.5 Å². The quantitative estimate of drug-likeness (QED) is 0.629. The molecule has 1 aliphatic heterocycles. The minimum absolute atomic E-state index is 0.130. The topological polar surface area (TPSA) is 38.3 Å². The van der Waals surface area contributed by atoms with Crippen molar-refractivity contribution in [1.29, 1.82) is 0 Å². The number of carbonyl (C=O) groups excluding carboxylic acids is 1. The summed E-state index contributed by atoms with van der Waals surface area (Å²) in [4.78, 5) is 11.9. The number of hydrogen-bond acceptors (Lipinski definition) is 3. The van der Waals surface area contributed by atoms with Crippen molar-refractivity contribution in [3.63, 3.8) is 0 Å². The molecule has 0 aromatic heterocycles. The van der Waals surface area contributed by atoms with Crippen molar-refractivity contribution in [3.05, 3.63) is 28.8 Å². The zero-order valence-electron chi connectivity index (χ0n) is 10.7. The molecule has 0 aliphatic carbocycles. The van der Waals surface area contributed by atoms with E-state index >= 15 is 0 Å². The Morgan fingerprint density at radius 2 is 1.94 bits per heavy atom. The smallest absolute Gasteiger partial charge is 0.328 e. The normalized spacial score (nSPS) is 19.4. The molecular weight excluding hydrogens is 214 g/mol. The van der Waals surface area contributed by atoms with Gasteiger partial charge in [0.2, 0.25) is 0 Å². The van der Waals surface area contributed by atoms with Gasteiger partial charge in [0.05, 0.1) is 0 Å². The van der Waals surface area contributed by atoms with Crippen molar-refractivity contribution in [2.45, 2.75) is 39.7 Å². The summed E-state index contributed by atoms with van der Waals surface area (Å²) in [6.07, 6.45) is 1.93. The highest BCUT2D eigenvalue weighted by Gasteiger charge is 2.24. The van der Waals surface area contributed by atoms with Gasteiger partial charge in [-0.1, -0.05) is 17.7 Å². The van der Waals surface area contributed by atoms with E-state index in [9.17, 15) is 4.79 Å². The summed E-state index contributed by atoms with van der Waals surface area (Å²) >= 11 is 0. The molecule has 0 bridgehead atoms. The van der Waals surface area contributed by atoms with Crippen LogP contribution in [0.2, 0.25) is 0 Å². The fraction of sp³-hybridized carbons (Fsp3) is 0.500. The first-order chi connectivity index (χ1) is 8.08. The second-order valence-electron chi connectivity index (χ2n) is 4.80. The molecule has 1 saturated heterocycles. The van der Waals surface area contributed by atoms with Crippen LogP contribution in [0.4, 0.5) is 0 Å². The second kappa shape index (κ2) is 4.88. The van der Waals surface area contributed by atoms with Crippen LogP contribution in [0.3, 0.4) is 0 Å². The van der Waals surface area contributed by atoms with E-state index in [1.807, 2.05) is 32.9 Å². The maximum absolute atomic E-state index is 11.9. The summed E-state index contributed by atoms with van der Waals surface area (Å²) in [7, 11) is 0. The predicted molar refractivity (Wildman–Crippen MR) is 67.3 cm³/mol. The number of hydrogen-bond donors (Lipinski definition) is 1. The minimum Gasteiger partial charge on any atom is -0.425 e. The lowest BCUT2D eigenvalue weighted by Crippen LogP contribution is -2.34. The molecule has 3 heteroatoms. The Morgan fingerprint density at radius 3 is 2.47 bits per heavy atom. The summed E-state index contributed by atoms with van der Waals surface area (Å²) in [6.45, 7) is 6.91. The molecule has 1 aromatic rings. The summed E-state index contributed by atoms with van der Waals surface area (Å²) in [5.74, 6) is 0.562. The van der Waals surface area contributed by atoms with Gasteiger partial charge in [-0.2, -0.15) is 0 Å². The number of ether oxygens (including phenoxy) is 1. The number of esters is 1. The molecule has 0 amide bonds. The van der Waals surface area contributed by atoms with Gasteiger partial charge in [0.25, 0.3) is 0 Å². The van der Waals surface area contributed by atoms with Gasteiger partial charge in [0.1, 0.15) is 11.8 Å². The van der Waals surface area contributed by atoms with Crippen molar-refractivity contribution < 1.29 is 9.53 Å². The third-order valence-corrected chi connectivity index (χ3v) is 3.15. The van der Waals surface area contributed by atoms with Crippen LogP contribution in [0.25, 0.3) is 0 Å². The summed E-state index contributed by atoms with van der Waals surface area (Å²) < 4.78 is 5.51. The van der Waals surface area contributed by atoms with Gasteiger partial charge in [-0.05, 0) is 51.3 Å². The van der Waals surface area contributed by atoms with Crippen LogP contribution in [-0.2, 0) is 4.79 Å². The monoisotopic (exact) mass is 233 g/mol. The fourth-order valence-corrected chi connectivity index (χ4v) is 2.39. The average Bonchev–Trinajstić information content (AvgIpc) is 2.76. The van der Waals surface area contributed by atoms with E-state index in [0.29, 0.717) is 5.75 Å². The lowest BCUT2D eigenvalue weighted by atomic mass is 10.1. The number of benzene rings is 1. The number of carbonyl (C=O) groups is 1. The van der Waals surface area contributed by atoms with Crippen molar-refractivity contribution in [3.8, 4) is 5.75 Å². The molecule has 1 heterocycles. The zero-order valence-corrected chi connectivity index (χ0v) is 10.7. The van der Waals surface area contributed by atoms with E-state index in [4.69, 9.17) is 4.74 Å². The average molecular weight is 233 g/mol. The highest BCUT2D eigenvalue weighted by molar-refractivity contribution is 5.79. The predicted octanol–water partition coefficient (Wildman–Crippen LogP) is 2.27. The lowest BCUT2D eigenvalue weighted by molar-refractivity contribution is -0.136. The SMILES string of the molecule is Cc1cc(C)c(OC(=O)C2CCCN2)c(C)c1. The first-order valence-corrected chi connectivity index (χ1v) is 6.11. The van der Waals surface area contributed by atoms with E-state index in [1.165, 1.54) is 5.56 Å². The van der Waals surface area contributed by atoms with E-state index < -0.39 is 0 Å². The van der Waals surface area contributed by atoms with Crippen LogP contribution in [0, 0.1) is 20.8 Å². The Morgan fingerprint density at radius 1 is 1.29 bits per heavy atom. The van der Waals surface area contributed by atoms with Crippen LogP contribution < -0.4 is 10.1 Å². The van der Waals surface area contributed by atoms with Crippen LogP contribution >= 0.6 is 0 Å². The standard InChI is InChI=1S/C14H19NO2/c1-9-7-10(2)13(11(3)8-9)17-14(16)12-5-4-6-15-12/h7-8,12,15H,4-6H2,1-3H3. The lowest BCUT2D eigenvalue weighted by Gasteiger charge is -2.14. The Kier molecular flexibility index (Phi) is 3.48. The Labute approximate surface area is 102 Å². The Hall–Kier alpha value is -1.35. The van der Waals surface area contributed by atoms with E-state index in [0.717, 1.165) is 30.5 Å². The highest BCUT2D eigenvalue weighted by atomic mass is 16.5. The number of rotatable bonds is 2. The third-order valence-electron chi connectivity index (χ3n) is 3.15. The van der Waals surface area contributed by atoms with Crippen LogP contribution in [0.5, 0.6) is 5.75 Å². The van der Waals surface area contributed by atoms with Crippen LogP contribution in [-0.4, -0.2) is 18.6 Å². The molecule has 1 unspecified atom stereocenters. The highest BCUT2D eigenvalue weighted by Crippen LogP contribution is 2.25. The molecule has 0 spiro atoms. The Balaban J connectivity index is 2.15. The molecule has 17 heavy (non-hydrogen) atoms. The number of nitrogens with one attached hydrogen (secondary N) is 1. The van der Waals surface area contributed by atoms with Gasteiger partial charge < -0.3 is 10.1 Å². The minimum atomic E-state index is -0.155. The van der Waals surface area contributed by atoms with Crippen molar-refractivity contribution in [2.24, 2.45) is 0 Å². The molecule has 92 valence electrons. The van der Waals surface area contributed by atoms with Gasteiger partial charge in [-0.15, -0.1) is 0 Å². The van der Waals surface area contributed by atoms with Crippen molar-refractivity contribution in [2.75, 3.05) is 6.54 Å². The van der Waals surface area contributed by atoms with Gasteiger partial charge in [0, 0.05) is 0 Å². The first kappa shape index (κ1) is 12.1. The van der Waals surface area contributed by atoms with E-state index in [1.54, 1.807) is 0 Å². The molecule has 1 atom stereocenters. The largest absolute Gasteiger partial charge is 0.425 e. The summed E-state index contributed by atoms with van der Waals surface area (Å²) in [5, 5.41) is 3.15. The molecule has 1 fully saturated rings. The second-order valence-corrected chi connectivity index (χ2v) is 4.80. The number of aryl methyl sites for hydroxylation is 3. The molecule has 2 rings (SSSR count). The zero-order chi connectivity index (χ0) is 12.4. The fourth-order valence-electron chi connectivity index (χ4n) is 2.39. The Bertz CT molecular complexity index is 411. The summed E-state index contributed by atoms with van der Waals surface area (Å²) in [6, 6.07) is 3.95. The van der Waals surface area contributed by atoms with Gasteiger partial charge in [0.15, 0.2) is 0 Å². The molecule has 0 radical (unpaired) electrons. The van der Waals surface area contributed by atoms with Gasteiger partial charge >= 0.3 is 5.97 Å². The maximum atomic E-state index is 11.9. The first-order valence-electron chi connectivity index (χ1n) is 6.11.